The van der Waals surface area contributed by atoms with Crippen LogP contribution in [0.3, 0.4) is 0 Å². The summed E-state index contributed by atoms with van der Waals surface area (Å²) in [5, 5.41) is 12.2. The molecular weight excluding hydrogens is 344 g/mol. The molecule has 4 aromatic rings. The van der Waals surface area contributed by atoms with Crippen LogP contribution in [0.15, 0.2) is 72.8 Å². The second-order valence-corrected chi connectivity index (χ2v) is 7.34. The zero-order valence-electron chi connectivity index (χ0n) is 15.9. The predicted molar refractivity (Wildman–Crippen MR) is 116 cm³/mol. The molecule has 0 amide bonds. The van der Waals surface area contributed by atoms with Crippen LogP contribution in [-0.2, 0) is 13.1 Å². The fraction of sp³-hybridized carbons (Fsp3) is 0.167. The lowest BCUT2D eigenvalue weighted by Gasteiger charge is -2.30. The summed E-state index contributed by atoms with van der Waals surface area (Å²) >= 11 is 0. The van der Waals surface area contributed by atoms with Crippen LogP contribution in [0.2, 0.25) is 0 Å². The Morgan fingerprint density at radius 3 is 2.64 bits per heavy atom. The van der Waals surface area contributed by atoms with Gasteiger partial charge < -0.3 is 15.6 Å². The summed E-state index contributed by atoms with van der Waals surface area (Å²) in [7, 11) is 0. The predicted octanol–water partition coefficient (Wildman–Crippen LogP) is 5.30. The molecule has 28 heavy (non-hydrogen) atoms. The first-order chi connectivity index (χ1) is 13.8. The average Bonchev–Trinajstić information content (AvgIpc) is 3.08. The van der Waals surface area contributed by atoms with E-state index >= 15 is 0 Å². The summed E-state index contributed by atoms with van der Waals surface area (Å²) in [6.45, 7) is 3.79. The molecule has 0 saturated heterocycles. The van der Waals surface area contributed by atoms with Crippen LogP contribution in [0, 0.1) is 6.92 Å². The number of anilines is 2. The van der Waals surface area contributed by atoms with Gasteiger partial charge in [0.2, 0.25) is 0 Å². The largest absolute Gasteiger partial charge is 0.381 e. The average molecular weight is 368 g/mol. The Morgan fingerprint density at radius 1 is 0.929 bits per heavy atom. The van der Waals surface area contributed by atoms with Crippen LogP contribution in [0.1, 0.15) is 28.6 Å². The van der Waals surface area contributed by atoms with E-state index in [1.54, 1.807) is 0 Å². The number of para-hydroxylation sites is 1. The minimum absolute atomic E-state index is 0.0908. The van der Waals surface area contributed by atoms with Gasteiger partial charge in [-0.05, 0) is 30.7 Å². The van der Waals surface area contributed by atoms with Crippen molar-refractivity contribution in [1.29, 1.82) is 0 Å². The first-order valence-electron chi connectivity index (χ1n) is 9.76. The van der Waals surface area contributed by atoms with Gasteiger partial charge in [0.05, 0.1) is 0 Å². The first kappa shape index (κ1) is 16.9. The smallest absolute Gasteiger partial charge is 0.106 e. The first-order valence-corrected chi connectivity index (χ1v) is 9.76. The Kier molecular flexibility index (Phi) is 4.26. The van der Waals surface area contributed by atoms with Crippen molar-refractivity contribution in [1.82, 2.24) is 10.3 Å². The van der Waals surface area contributed by atoms with E-state index in [9.17, 15) is 0 Å². The van der Waals surface area contributed by atoms with Crippen molar-refractivity contribution in [3.63, 3.8) is 0 Å². The highest BCUT2D eigenvalue weighted by Gasteiger charge is 2.24. The van der Waals surface area contributed by atoms with Gasteiger partial charge in [-0.25, -0.2) is 0 Å². The second-order valence-electron chi connectivity index (χ2n) is 7.34. The lowest BCUT2D eigenvalue weighted by atomic mass is 10.0. The van der Waals surface area contributed by atoms with Crippen molar-refractivity contribution in [2.24, 2.45) is 0 Å². The summed E-state index contributed by atoms with van der Waals surface area (Å²) in [6.07, 6.45) is 0.0908. The van der Waals surface area contributed by atoms with E-state index in [0.29, 0.717) is 0 Å². The van der Waals surface area contributed by atoms with Crippen molar-refractivity contribution in [3.8, 4) is 0 Å². The molecule has 0 radical (unpaired) electrons. The van der Waals surface area contributed by atoms with Crippen molar-refractivity contribution >= 4 is 22.3 Å². The highest BCUT2D eigenvalue weighted by Crippen LogP contribution is 2.35. The molecule has 4 heteroatoms. The molecular formula is C24H24N4. The molecule has 1 aliphatic rings. The van der Waals surface area contributed by atoms with E-state index in [-0.39, 0.29) is 6.17 Å². The van der Waals surface area contributed by atoms with Gasteiger partial charge in [0, 0.05) is 52.2 Å². The minimum Gasteiger partial charge on any atom is -0.381 e. The number of hydrogen-bond acceptors (Lipinski definition) is 3. The second kappa shape index (κ2) is 7.06. The Bertz CT molecular complexity index is 1110. The van der Waals surface area contributed by atoms with Gasteiger partial charge in [0.1, 0.15) is 6.17 Å². The Labute approximate surface area is 165 Å². The number of hydrogen-bond donors (Lipinski definition) is 4. The maximum absolute atomic E-state index is 3.70. The molecule has 5 rings (SSSR count). The quantitative estimate of drug-likeness (QED) is 0.395. The molecule has 0 bridgehead atoms. The number of fused-ring (bicyclic) bond motifs is 2. The molecule has 0 fully saturated rings. The zero-order chi connectivity index (χ0) is 18.9. The fourth-order valence-corrected chi connectivity index (χ4v) is 4.13. The third-order valence-corrected chi connectivity index (χ3v) is 5.52. The van der Waals surface area contributed by atoms with Crippen molar-refractivity contribution in [2.45, 2.75) is 26.2 Å². The number of aryl methyl sites for hydroxylation is 1. The summed E-state index contributed by atoms with van der Waals surface area (Å²) in [5.41, 5.74) is 8.61. The van der Waals surface area contributed by atoms with Crippen molar-refractivity contribution in [3.05, 3.63) is 95.2 Å². The number of rotatable bonds is 4. The van der Waals surface area contributed by atoms with Gasteiger partial charge in [-0.3, -0.25) is 5.32 Å². The van der Waals surface area contributed by atoms with Gasteiger partial charge in [0.15, 0.2) is 0 Å². The molecule has 0 aliphatic carbocycles. The molecule has 1 atom stereocenters. The number of aromatic nitrogens is 1. The van der Waals surface area contributed by atoms with Crippen molar-refractivity contribution < 1.29 is 0 Å². The van der Waals surface area contributed by atoms with E-state index in [4.69, 9.17) is 0 Å². The van der Waals surface area contributed by atoms with Crippen LogP contribution in [-0.4, -0.2) is 4.98 Å². The molecule has 1 aliphatic heterocycles. The molecule has 2 heterocycles. The summed E-state index contributed by atoms with van der Waals surface area (Å²) < 4.78 is 0. The Morgan fingerprint density at radius 2 is 1.75 bits per heavy atom. The molecule has 140 valence electrons. The monoisotopic (exact) mass is 368 g/mol. The maximum Gasteiger partial charge on any atom is 0.106 e. The van der Waals surface area contributed by atoms with Gasteiger partial charge in [-0.15, -0.1) is 0 Å². The molecule has 1 aromatic heterocycles. The third-order valence-electron chi connectivity index (χ3n) is 5.52. The molecule has 4 nitrogen and oxygen atoms in total. The number of nitrogens with one attached hydrogen (secondary N) is 4. The zero-order valence-corrected chi connectivity index (χ0v) is 15.9. The SMILES string of the molecule is Cc1[nH]c2ccccc2c1C1NCc2c(NCc3ccccc3)cccc2N1. The van der Waals surface area contributed by atoms with Crippen LogP contribution >= 0.6 is 0 Å². The van der Waals surface area contributed by atoms with Gasteiger partial charge in [-0.2, -0.15) is 0 Å². The minimum atomic E-state index is 0.0908. The molecule has 0 spiro atoms. The molecule has 0 saturated carbocycles. The Balaban J connectivity index is 1.41. The lowest BCUT2D eigenvalue weighted by Crippen LogP contribution is -2.33. The normalized spacial score (nSPS) is 15.8. The van der Waals surface area contributed by atoms with Gasteiger partial charge >= 0.3 is 0 Å². The number of benzene rings is 3. The lowest BCUT2D eigenvalue weighted by molar-refractivity contribution is 0.567. The van der Waals surface area contributed by atoms with Crippen LogP contribution in [0.4, 0.5) is 11.4 Å². The Hall–Kier alpha value is -3.24. The van der Waals surface area contributed by atoms with E-state index in [1.165, 1.54) is 44.7 Å². The number of aromatic amines is 1. The van der Waals surface area contributed by atoms with Crippen molar-refractivity contribution in [2.75, 3.05) is 10.6 Å². The maximum atomic E-state index is 3.70. The molecule has 4 N–H and O–H groups in total. The van der Waals surface area contributed by atoms with E-state index < -0.39 is 0 Å². The summed E-state index contributed by atoms with van der Waals surface area (Å²) in [4.78, 5) is 3.51. The topological polar surface area (TPSA) is 51.9 Å². The molecule has 1 unspecified atom stereocenters. The summed E-state index contributed by atoms with van der Waals surface area (Å²) in [6, 6.07) is 25.4. The van der Waals surface area contributed by atoms with Gasteiger partial charge in [-0.1, -0.05) is 54.6 Å². The van der Waals surface area contributed by atoms with Crippen LogP contribution in [0.25, 0.3) is 10.9 Å². The summed E-state index contributed by atoms with van der Waals surface area (Å²) in [5.74, 6) is 0. The number of H-pyrrole nitrogens is 1. The standard InChI is InChI=1S/C24H24N4/c1-16-23(18-10-5-6-11-21(18)27-16)24-26-15-19-20(12-7-13-22(19)28-24)25-14-17-8-3-2-4-9-17/h2-13,24-28H,14-15H2,1H3. The van der Waals surface area contributed by atoms with Crippen LogP contribution in [0.5, 0.6) is 0 Å². The highest BCUT2D eigenvalue weighted by molar-refractivity contribution is 5.85. The fourth-order valence-electron chi connectivity index (χ4n) is 4.13. The van der Waals surface area contributed by atoms with E-state index in [0.717, 1.165) is 13.1 Å². The van der Waals surface area contributed by atoms with E-state index in [2.05, 4.69) is 101 Å². The van der Waals surface area contributed by atoms with Crippen LogP contribution < -0.4 is 16.0 Å². The highest BCUT2D eigenvalue weighted by atomic mass is 15.2. The van der Waals surface area contributed by atoms with E-state index in [1.807, 2.05) is 0 Å². The van der Waals surface area contributed by atoms with Gasteiger partial charge in [0.25, 0.3) is 0 Å². The molecule has 3 aromatic carbocycles. The third kappa shape index (κ3) is 3.02.